The highest BCUT2D eigenvalue weighted by Crippen LogP contribution is 2.39. The van der Waals surface area contributed by atoms with Crippen molar-refractivity contribution in [3.8, 4) is 17.0 Å². The molecule has 1 N–H and O–H groups in total. The van der Waals surface area contributed by atoms with E-state index in [9.17, 15) is 31.9 Å². The minimum absolute atomic E-state index is 0.0407. The highest BCUT2D eigenvalue weighted by molar-refractivity contribution is 8.22. The van der Waals surface area contributed by atoms with Crippen LogP contribution in [0, 0.1) is 11.6 Å². The Morgan fingerprint density at radius 1 is 1.32 bits per heavy atom. The predicted molar refractivity (Wildman–Crippen MR) is 106 cm³/mol. The zero-order valence-electron chi connectivity index (χ0n) is 15.7. The molecule has 1 aromatic heterocycles. The molecule has 0 bridgehead atoms. The lowest BCUT2D eigenvalue weighted by Crippen LogP contribution is -2.47. The first-order valence-corrected chi connectivity index (χ1v) is 10.3. The molecule has 0 amide bonds. The summed E-state index contributed by atoms with van der Waals surface area (Å²) in [6.45, 7) is 0. The van der Waals surface area contributed by atoms with Crippen LogP contribution < -0.4 is 4.74 Å². The lowest BCUT2D eigenvalue weighted by molar-refractivity contribution is -0.221. The molecule has 2 aromatic rings. The fraction of sp³-hybridized carbons (Fsp3) is 0.316. The third kappa shape index (κ3) is 5.06. The maximum absolute atomic E-state index is 14.3. The molecule has 0 radical (unpaired) electrons. The second-order valence-corrected chi connectivity index (χ2v) is 7.91. The van der Waals surface area contributed by atoms with Crippen LogP contribution >= 0.6 is 24.0 Å². The van der Waals surface area contributed by atoms with Gasteiger partial charge in [0, 0.05) is 17.2 Å². The number of thiocarbonyl (C=S) groups is 1. The average Bonchev–Trinajstić information content (AvgIpc) is 2.69. The van der Waals surface area contributed by atoms with Gasteiger partial charge in [0.1, 0.15) is 17.7 Å². The molecule has 1 aromatic carbocycles. The van der Waals surface area contributed by atoms with Gasteiger partial charge >= 0.3 is 12.1 Å². The third-order valence-corrected chi connectivity index (χ3v) is 5.54. The summed E-state index contributed by atoms with van der Waals surface area (Å²) < 4.78 is 78.2. The van der Waals surface area contributed by atoms with Crippen molar-refractivity contribution in [2.75, 3.05) is 6.26 Å². The maximum atomic E-state index is 14.3. The number of carbonyl (C=O) groups is 1. The Morgan fingerprint density at radius 3 is 2.61 bits per heavy atom. The Bertz CT molecular complexity index is 1030. The second-order valence-electron chi connectivity index (χ2n) is 6.50. The highest BCUT2D eigenvalue weighted by Gasteiger charge is 2.50. The lowest BCUT2D eigenvalue weighted by atomic mass is 9.92. The number of halogens is 5. The molecule has 0 aliphatic carbocycles. The molecule has 1 aliphatic rings. The van der Waals surface area contributed by atoms with Crippen molar-refractivity contribution in [1.82, 2.24) is 4.98 Å². The summed E-state index contributed by atoms with van der Waals surface area (Å²) in [6, 6.07) is 3.78. The van der Waals surface area contributed by atoms with E-state index in [1.54, 1.807) is 0 Å². The van der Waals surface area contributed by atoms with Gasteiger partial charge < -0.3 is 14.6 Å². The van der Waals surface area contributed by atoms with E-state index in [2.05, 4.69) is 4.98 Å². The second kappa shape index (κ2) is 8.95. The van der Waals surface area contributed by atoms with Crippen molar-refractivity contribution < 1.29 is 41.3 Å². The molecule has 2 heterocycles. The number of alkyl halides is 3. The minimum atomic E-state index is -4.82. The molecular formula is C19H14F5NO4S2. The molecule has 0 saturated heterocycles. The molecule has 3 rings (SSSR count). The van der Waals surface area contributed by atoms with E-state index < -0.39 is 41.7 Å². The fourth-order valence-electron chi connectivity index (χ4n) is 3.15. The molecule has 0 saturated carbocycles. The van der Waals surface area contributed by atoms with Crippen LogP contribution in [0.1, 0.15) is 22.5 Å². The van der Waals surface area contributed by atoms with Crippen LogP contribution in [0.5, 0.6) is 5.88 Å². The van der Waals surface area contributed by atoms with Crippen molar-refractivity contribution in [3.63, 3.8) is 0 Å². The van der Waals surface area contributed by atoms with Gasteiger partial charge in [-0.1, -0.05) is 11.8 Å². The molecule has 0 spiro atoms. The van der Waals surface area contributed by atoms with Gasteiger partial charge in [0.2, 0.25) is 16.4 Å². The number of rotatable bonds is 4. The van der Waals surface area contributed by atoms with Crippen molar-refractivity contribution in [2.45, 2.75) is 31.2 Å². The van der Waals surface area contributed by atoms with Gasteiger partial charge in [-0.3, -0.25) is 0 Å². The smallest absolute Gasteiger partial charge is 0.429 e. The number of aromatic carboxylic acids is 1. The average molecular weight is 479 g/mol. The number of nitrogens with zero attached hydrogens (tertiary/aromatic N) is 1. The number of fused-ring (bicyclic) bond motifs is 1. The Labute approximate surface area is 182 Å². The number of carboxylic acid groups (broad SMARTS) is 1. The molecule has 31 heavy (non-hydrogen) atoms. The zero-order chi connectivity index (χ0) is 22.9. The van der Waals surface area contributed by atoms with Gasteiger partial charge in [0.15, 0.2) is 5.69 Å². The largest absolute Gasteiger partial charge is 0.477 e. The van der Waals surface area contributed by atoms with E-state index in [0.29, 0.717) is 6.07 Å². The van der Waals surface area contributed by atoms with Gasteiger partial charge in [0.05, 0.1) is 0 Å². The van der Waals surface area contributed by atoms with E-state index >= 15 is 0 Å². The first-order chi connectivity index (χ1) is 14.5. The summed E-state index contributed by atoms with van der Waals surface area (Å²) in [7, 11) is 0. The maximum Gasteiger partial charge on any atom is 0.429 e. The van der Waals surface area contributed by atoms with Gasteiger partial charge in [0.25, 0.3) is 0 Å². The molecule has 12 heteroatoms. The quantitative estimate of drug-likeness (QED) is 0.488. The number of benzene rings is 1. The Kier molecular flexibility index (Phi) is 6.70. The Hall–Kier alpha value is -2.47. The summed E-state index contributed by atoms with van der Waals surface area (Å²) in [5.74, 6) is -3.69. The number of ether oxygens (including phenoxy) is 2. The molecule has 0 fully saturated rings. The summed E-state index contributed by atoms with van der Waals surface area (Å²) in [4.78, 5) is 15.3. The van der Waals surface area contributed by atoms with Crippen molar-refractivity contribution >= 4 is 34.3 Å². The summed E-state index contributed by atoms with van der Waals surface area (Å²) >= 11 is 5.55. The third-order valence-electron chi connectivity index (χ3n) is 4.52. The SMILES string of the molecule is CSC(=S)OC(C1CCc2c(-c3ccc(F)cc3F)cc(C(=O)O)nc2O1)C(F)(F)F. The van der Waals surface area contributed by atoms with E-state index in [-0.39, 0.29) is 39.8 Å². The summed E-state index contributed by atoms with van der Waals surface area (Å²) in [6.07, 6.45) is -7.55. The topological polar surface area (TPSA) is 68.7 Å². The Morgan fingerprint density at radius 2 is 2.03 bits per heavy atom. The predicted octanol–water partition coefficient (Wildman–Crippen LogP) is 5.01. The fourth-order valence-corrected chi connectivity index (χ4v) is 3.46. The first kappa shape index (κ1) is 23.2. The van der Waals surface area contributed by atoms with Crippen LogP contribution in [0.15, 0.2) is 24.3 Å². The molecule has 2 atom stereocenters. The molecule has 166 valence electrons. The number of hydrogen-bond acceptors (Lipinski definition) is 6. The van der Waals surface area contributed by atoms with E-state index in [1.807, 2.05) is 0 Å². The molecular weight excluding hydrogens is 465 g/mol. The van der Waals surface area contributed by atoms with Crippen LogP contribution in [0.2, 0.25) is 0 Å². The minimum Gasteiger partial charge on any atom is -0.477 e. The van der Waals surface area contributed by atoms with E-state index in [1.165, 1.54) is 6.26 Å². The first-order valence-electron chi connectivity index (χ1n) is 8.72. The number of thioether (sulfide) groups is 1. The standard InChI is InChI=1S/C19H14F5NO4S2/c1-31-18(30)29-15(19(22,23)24)14-5-4-10-11(9-3-2-8(20)6-12(9)21)7-13(17(26)27)25-16(10)28-14/h2-3,6-7,14-15H,4-5H2,1H3,(H,26,27). The highest BCUT2D eigenvalue weighted by atomic mass is 32.2. The van der Waals surface area contributed by atoms with Crippen molar-refractivity contribution in [2.24, 2.45) is 0 Å². The van der Waals surface area contributed by atoms with E-state index in [0.717, 1.165) is 30.0 Å². The van der Waals surface area contributed by atoms with Crippen molar-refractivity contribution in [3.05, 3.63) is 47.2 Å². The number of carboxylic acids is 1. The summed E-state index contributed by atoms with van der Waals surface area (Å²) in [5, 5.41) is 9.33. The van der Waals surface area contributed by atoms with Crippen LogP contribution in [-0.2, 0) is 11.2 Å². The van der Waals surface area contributed by atoms with Crippen LogP contribution in [0.25, 0.3) is 11.1 Å². The van der Waals surface area contributed by atoms with Crippen LogP contribution in [-0.4, -0.2) is 45.1 Å². The number of hydrogen-bond donors (Lipinski definition) is 1. The van der Waals surface area contributed by atoms with Crippen LogP contribution in [0.3, 0.4) is 0 Å². The molecule has 1 aliphatic heterocycles. The number of pyridine rings is 1. The van der Waals surface area contributed by atoms with Crippen molar-refractivity contribution in [1.29, 1.82) is 0 Å². The number of aromatic nitrogens is 1. The van der Waals surface area contributed by atoms with Gasteiger partial charge in [-0.2, -0.15) is 13.2 Å². The normalized spacial score (nSPS) is 16.8. The Balaban J connectivity index is 2.06. The van der Waals surface area contributed by atoms with Gasteiger partial charge in [-0.15, -0.1) is 0 Å². The van der Waals surface area contributed by atoms with E-state index in [4.69, 9.17) is 21.7 Å². The van der Waals surface area contributed by atoms with Gasteiger partial charge in [-0.05, 0) is 55.1 Å². The lowest BCUT2D eigenvalue weighted by Gasteiger charge is -2.33. The monoisotopic (exact) mass is 479 g/mol. The van der Waals surface area contributed by atoms with Crippen LogP contribution in [0.4, 0.5) is 22.0 Å². The van der Waals surface area contributed by atoms with Gasteiger partial charge in [-0.25, -0.2) is 18.6 Å². The molecule has 2 unspecified atom stereocenters. The molecule has 5 nitrogen and oxygen atoms in total. The summed E-state index contributed by atoms with van der Waals surface area (Å²) in [5.41, 5.74) is -0.443. The zero-order valence-corrected chi connectivity index (χ0v) is 17.3.